The van der Waals surface area contributed by atoms with Crippen LogP contribution < -0.4 is 15.4 Å². The monoisotopic (exact) mass is 416 g/mol. The van der Waals surface area contributed by atoms with Gasteiger partial charge in [0.1, 0.15) is 11.9 Å². The van der Waals surface area contributed by atoms with E-state index in [0.717, 1.165) is 6.20 Å². The van der Waals surface area contributed by atoms with Crippen LogP contribution in [0.5, 0.6) is 5.75 Å². The van der Waals surface area contributed by atoms with Crippen LogP contribution in [0.2, 0.25) is 5.02 Å². The molecule has 0 radical (unpaired) electrons. The summed E-state index contributed by atoms with van der Waals surface area (Å²) in [5, 5.41) is 18.7. The summed E-state index contributed by atoms with van der Waals surface area (Å²) in [5.74, 6) is -0.141. The van der Waals surface area contributed by atoms with E-state index in [-0.39, 0.29) is 18.4 Å². The van der Waals surface area contributed by atoms with E-state index in [4.69, 9.17) is 27.0 Å². The molecule has 3 rings (SSSR count). The number of nitrogens with zero attached hydrogens (tertiary/aromatic N) is 3. The highest BCUT2D eigenvalue weighted by Gasteiger charge is 2.11. The summed E-state index contributed by atoms with van der Waals surface area (Å²) in [6, 6.07) is 11.6. The average Bonchev–Trinajstić information content (AvgIpc) is 2.73. The molecule has 1 heterocycles. The molecule has 150 valence electrons. The highest BCUT2D eigenvalue weighted by Crippen LogP contribution is 2.30. The first-order valence-electron chi connectivity index (χ1n) is 8.59. The molecular weight excluding hydrogens is 399 g/mol. The van der Waals surface area contributed by atoms with Crippen LogP contribution >= 0.6 is 11.6 Å². The van der Waals surface area contributed by atoms with E-state index in [2.05, 4.69) is 25.7 Å². The number of nitrogens with one attached hydrogen (secondary N) is 3. The Hall–Kier alpha value is -3.30. The van der Waals surface area contributed by atoms with Crippen molar-refractivity contribution in [3.8, 4) is 5.75 Å². The fraction of sp³-hybridized carbons (Fsp3) is 0.158. The maximum atomic E-state index is 14.1. The first-order chi connectivity index (χ1) is 14.0. The van der Waals surface area contributed by atoms with Gasteiger partial charge in [0.25, 0.3) is 0 Å². The van der Waals surface area contributed by atoms with E-state index >= 15 is 0 Å². The van der Waals surface area contributed by atoms with Gasteiger partial charge in [-0.15, -0.1) is 0 Å². The quantitative estimate of drug-likeness (QED) is 0.376. The molecule has 1 atom stereocenters. The van der Waals surface area contributed by atoms with Gasteiger partial charge < -0.3 is 20.5 Å². The number of aromatic nitrogens is 2. The molecule has 0 amide bonds. The van der Waals surface area contributed by atoms with E-state index in [1.165, 1.54) is 0 Å². The van der Waals surface area contributed by atoms with Crippen LogP contribution in [-0.4, -0.2) is 27.8 Å². The first-order valence-corrected chi connectivity index (χ1v) is 8.97. The molecule has 0 unspecified atom stereocenters. The number of benzene rings is 2. The number of ether oxygens (including phenoxy) is 1. The SMILES string of the molecule is C[C@@H](CO)Oc1cc(Nc2ncc(F)c(Nc3cccc(N=N)c3)n2)ccc1Cl. The molecule has 0 spiro atoms. The predicted octanol–water partition coefficient (Wildman–Crippen LogP) is 5.18. The third kappa shape index (κ3) is 5.37. The van der Waals surface area contributed by atoms with Gasteiger partial charge in [-0.25, -0.2) is 14.9 Å². The van der Waals surface area contributed by atoms with Crippen LogP contribution in [-0.2, 0) is 0 Å². The second kappa shape index (κ2) is 9.26. The van der Waals surface area contributed by atoms with Crippen molar-refractivity contribution in [2.45, 2.75) is 13.0 Å². The molecule has 10 heteroatoms. The fourth-order valence-corrected chi connectivity index (χ4v) is 2.52. The summed E-state index contributed by atoms with van der Waals surface area (Å²) in [4.78, 5) is 8.09. The van der Waals surface area contributed by atoms with Gasteiger partial charge in [0, 0.05) is 17.4 Å². The summed E-state index contributed by atoms with van der Waals surface area (Å²) >= 11 is 6.11. The van der Waals surface area contributed by atoms with Crippen LogP contribution in [0.4, 0.5) is 33.2 Å². The van der Waals surface area contributed by atoms with Crippen LogP contribution in [0, 0.1) is 11.3 Å². The van der Waals surface area contributed by atoms with Crippen LogP contribution in [0.3, 0.4) is 0 Å². The Morgan fingerprint density at radius 3 is 2.79 bits per heavy atom. The summed E-state index contributed by atoms with van der Waals surface area (Å²) in [6.07, 6.45) is 0.615. The molecule has 0 aliphatic rings. The zero-order valence-corrected chi connectivity index (χ0v) is 16.1. The molecule has 2 aromatic carbocycles. The summed E-state index contributed by atoms with van der Waals surface area (Å²) in [5.41, 5.74) is 8.59. The number of hydrogen-bond acceptors (Lipinski definition) is 8. The van der Waals surface area contributed by atoms with Gasteiger partial charge in [0.15, 0.2) is 11.6 Å². The number of rotatable bonds is 8. The minimum Gasteiger partial charge on any atom is -0.487 e. The topological polar surface area (TPSA) is 116 Å². The molecule has 0 fully saturated rings. The van der Waals surface area contributed by atoms with E-state index in [0.29, 0.717) is 27.8 Å². The van der Waals surface area contributed by atoms with Crippen molar-refractivity contribution < 1.29 is 14.2 Å². The molecule has 8 nitrogen and oxygen atoms in total. The van der Waals surface area contributed by atoms with Crippen molar-refractivity contribution in [1.29, 1.82) is 5.53 Å². The molecule has 0 bridgehead atoms. The van der Waals surface area contributed by atoms with Crippen molar-refractivity contribution in [2.24, 2.45) is 5.11 Å². The molecular formula is C19H18ClFN6O2. The lowest BCUT2D eigenvalue weighted by Gasteiger charge is -2.15. The molecule has 3 aromatic rings. The zero-order chi connectivity index (χ0) is 20.8. The number of aliphatic hydroxyl groups excluding tert-OH is 1. The molecule has 29 heavy (non-hydrogen) atoms. The standard InChI is InChI=1S/C19H18ClFN6O2/c1-11(10-28)29-17-8-13(5-6-15(17)20)25-19-23-9-16(21)18(26-19)24-12-3-2-4-14(7-12)27-22/h2-9,11,22,28H,10H2,1H3,(H2,23,24,25,26)/t11-/m0/s1. The number of halogens is 2. The van der Waals surface area contributed by atoms with E-state index in [1.807, 2.05) is 0 Å². The van der Waals surface area contributed by atoms with Gasteiger partial charge in [-0.05, 0) is 37.3 Å². The van der Waals surface area contributed by atoms with Crippen molar-refractivity contribution >= 4 is 40.4 Å². The van der Waals surface area contributed by atoms with Gasteiger partial charge in [-0.3, -0.25) is 0 Å². The molecule has 0 saturated heterocycles. The Kier molecular flexibility index (Phi) is 6.53. The lowest BCUT2D eigenvalue weighted by atomic mass is 10.3. The van der Waals surface area contributed by atoms with Gasteiger partial charge in [0.2, 0.25) is 5.95 Å². The van der Waals surface area contributed by atoms with Crippen molar-refractivity contribution in [3.63, 3.8) is 0 Å². The number of aliphatic hydroxyl groups is 1. The van der Waals surface area contributed by atoms with E-state index in [1.54, 1.807) is 49.4 Å². The Labute approximate surface area is 171 Å². The smallest absolute Gasteiger partial charge is 0.229 e. The Morgan fingerprint density at radius 1 is 1.24 bits per heavy atom. The Balaban J connectivity index is 1.81. The van der Waals surface area contributed by atoms with Gasteiger partial charge >= 0.3 is 0 Å². The summed E-state index contributed by atoms with van der Waals surface area (Å²) in [6.45, 7) is 1.55. The molecule has 4 N–H and O–H groups in total. The summed E-state index contributed by atoms with van der Waals surface area (Å²) in [7, 11) is 0. The Morgan fingerprint density at radius 2 is 2.03 bits per heavy atom. The second-order valence-electron chi connectivity index (χ2n) is 6.06. The third-order valence-corrected chi connectivity index (χ3v) is 4.07. The normalized spacial score (nSPS) is 11.6. The maximum absolute atomic E-state index is 14.1. The van der Waals surface area contributed by atoms with Crippen LogP contribution in [0.15, 0.2) is 53.8 Å². The van der Waals surface area contributed by atoms with Crippen LogP contribution in [0.25, 0.3) is 0 Å². The highest BCUT2D eigenvalue weighted by atomic mass is 35.5. The summed E-state index contributed by atoms with van der Waals surface area (Å²) < 4.78 is 19.7. The maximum Gasteiger partial charge on any atom is 0.229 e. The molecule has 0 aliphatic heterocycles. The van der Waals surface area contributed by atoms with Gasteiger partial charge in [-0.2, -0.15) is 10.1 Å². The fourth-order valence-electron chi connectivity index (χ4n) is 2.36. The minimum absolute atomic E-state index is 0.0380. The lowest BCUT2D eigenvalue weighted by molar-refractivity contribution is 0.130. The van der Waals surface area contributed by atoms with Crippen molar-refractivity contribution in [1.82, 2.24) is 9.97 Å². The van der Waals surface area contributed by atoms with Crippen LogP contribution in [0.1, 0.15) is 6.92 Å². The number of hydrogen-bond donors (Lipinski definition) is 4. The second-order valence-corrected chi connectivity index (χ2v) is 6.47. The Bertz CT molecular complexity index is 1020. The molecule has 1 aromatic heterocycles. The lowest BCUT2D eigenvalue weighted by Crippen LogP contribution is -2.16. The molecule has 0 saturated carbocycles. The van der Waals surface area contributed by atoms with E-state index in [9.17, 15) is 4.39 Å². The third-order valence-electron chi connectivity index (χ3n) is 3.75. The highest BCUT2D eigenvalue weighted by molar-refractivity contribution is 6.32. The zero-order valence-electron chi connectivity index (χ0n) is 15.4. The average molecular weight is 417 g/mol. The van der Waals surface area contributed by atoms with Gasteiger partial charge in [-0.1, -0.05) is 17.7 Å². The van der Waals surface area contributed by atoms with Gasteiger partial charge in [0.05, 0.1) is 23.5 Å². The first kappa shape index (κ1) is 20.4. The van der Waals surface area contributed by atoms with E-state index < -0.39 is 11.9 Å². The molecule has 0 aliphatic carbocycles. The minimum atomic E-state index is -0.638. The predicted molar refractivity (Wildman–Crippen MR) is 108 cm³/mol. The number of anilines is 4. The largest absolute Gasteiger partial charge is 0.487 e. The van der Waals surface area contributed by atoms with Crippen molar-refractivity contribution in [2.75, 3.05) is 17.2 Å². The van der Waals surface area contributed by atoms with Crippen molar-refractivity contribution in [3.05, 3.63) is 59.5 Å².